The average Bonchev–Trinajstić information content (AvgIpc) is 3.67. The third-order valence-electron chi connectivity index (χ3n) is 6.19. The van der Waals surface area contributed by atoms with Gasteiger partial charge in [-0.25, -0.2) is 18.2 Å². The van der Waals surface area contributed by atoms with Gasteiger partial charge in [0.05, 0.1) is 23.0 Å². The van der Waals surface area contributed by atoms with E-state index < -0.39 is 22.2 Å². The van der Waals surface area contributed by atoms with Crippen LogP contribution >= 0.6 is 22.7 Å². The highest BCUT2D eigenvalue weighted by molar-refractivity contribution is 7.94. The van der Waals surface area contributed by atoms with Crippen LogP contribution in [0.5, 0.6) is 0 Å². The van der Waals surface area contributed by atoms with Gasteiger partial charge in [-0.3, -0.25) is 9.21 Å². The van der Waals surface area contributed by atoms with Gasteiger partial charge in [-0.2, -0.15) is 13.2 Å². The number of piperidine rings is 1. The summed E-state index contributed by atoms with van der Waals surface area (Å²) in [6.45, 7) is 4.81. The molecule has 4 aromatic rings. The van der Waals surface area contributed by atoms with Gasteiger partial charge >= 0.3 is 12.1 Å². The molecule has 0 aliphatic carbocycles. The van der Waals surface area contributed by atoms with E-state index in [-0.39, 0.29) is 6.10 Å². The van der Waals surface area contributed by atoms with Crippen molar-refractivity contribution in [3.8, 4) is 10.7 Å². The van der Waals surface area contributed by atoms with E-state index in [1.165, 1.54) is 20.5 Å². The number of carbonyl (C=O) groups is 1. The Labute approximate surface area is 236 Å². The number of aromatic amines is 1. The number of fused-ring (bicyclic) bond motifs is 1. The van der Waals surface area contributed by atoms with E-state index in [0.29, 0.717) is 16.4 Å². The smallest absolute Gasteiger partial charge is 0.475 e. The topological polar surface area (TPSA) is 127 Å². The van der Waals surface area contributed by atoms with Gasteiger partial charge in [-0.15, -0.1) is 22.7 Å². The van der Waals surface area contributed by atoms with Crippen molar-refractivity contribution in [2.45, 2.75) is 42.8 Å². The summed E-state index contributed by atoms with van der Waals surface area (Å²) in [5.74, 6) is -2.76. The summed E-state index contributed by atoms with van der Waals surface area (Å²) < 4.78 is 60.0. The predicted octanol–water partition coefficient (Wildman–Crippen LogP) is 5.16. The van der Waals surface area contributed by atoms with Gasteiger partial charge in [-0.1, -0.05) is 18.2 Å². The monoisotopic (exact) mass is 616 g/mol. The lowest BCUT2D eigenvalue weighted by atomic mass is 10.1. The second kappa shape index (κ2) is 12.3. The lowest BCUT2D eigenvalue weighted by molar-refractivity contribution is -0.192. The second-order valence-corrected chi connectivity index (χ2v) is 13.1. The summed E-state index contributed by atoms with van der Waals surface area (Å²) in [4.78, 5) is 20.5. The highest BCUT2D eigenvalue weighted by Crippen LogP contribution is 2.35. The van der Waals surface area contributed by atoms with E-state index in [9.17, 15) is 26.7 Å². The van der Waals surface area contributed by atoms with E-state index in [0.717, 1.165) is 54.1 Å². The average molecular weight is 617 g/mol. The number of hydrogen-bond donors (Lipinski definition) is 3. The zero-order chi connectivity index (χ0) is 29.1. The second-order valence-electron chi connectivity index (χ2n) is 8.97. The molecule has 40 heavy (non-hydrogen) atoms. The fourth-order valence-electron chi connectivity index (χ4n) is 4.25. The van der Waals surface area contributed by atoms with Gasteiger partial charge < -0.3 is 15.2 Å². The first-order chi connectivity index (χ1) is 18.9. The number of anilines is 1. The molecule has 3 aromatic heterocycles. The Morgan fingerprint density at radius 1 is 1.23 bits per heavy atom. The molecule has 15 heteroatoms. The van der Waals surface area contributed by atoms with Crippen LogP contribution in [0.1, 0.15) is 24.6 Å². The molecule has 216 valence electrons. The molecule has 0 amide bonds. The number of nitrogens with zero attached hydrogens (tertiary/aromatic N) is 3. The van der Waals surface area contributed by atoms with E-state index in [1.807, 2.05) is 37.4 Å². The van der Waals surface area contributed by atoms with Crippen LogP contribution in [0.2, 0.25) is 0 Å². The van der Waals surface area contributed by atoms with Crippen LogP contribution in [-0.2, 0) is 21.4 Å². The Balaban J connectivity index is 0.000000470. The molecule has 9 nitrogen and oxygen atoms in total. The summed E-state index contributed by atoms with van der Waals surface area (Å²) in [5, 5.41) is 20.5. The minimum atomic E-state index is -5.08. The fourth-order valence-corrected chi connectivity index (χ4v) is 7.77. The molecule has 1 saturated heterocycles. The van der Waals surface area contributed by atoms with E-state index >= 15 is 0 Å². The molecule has 3 N–H and O–H groups in total. The molecule has 0 bridgehead atoms. The molecule has 1 fully saturated rings. The quantitative estimate of drug-likeness (QED) is 0.262. The van der Waals surface area contributed by atoms with Crippen molar-refractivity contribution in [2.24, 2.45) is 0 Å². The standard InChI is InChI=1S/C23H26N4O3S3.C2HF3O2/c1-2-27(33(29,30)21-7-4-12-31-21)20-6-3-5-16-13-19(25-22(16)20)23-24-14-18(32-23)15-26-10-8-17(28)9-11-26;3-2(4,5)1(6)7/h3-7,12-14,17,25,28H,2,8-11,15H2,1H3;(H,6,7). The van der Waals surface area contributed by atoms with Gasteiger partial charge in [0.1, 0.15) is 9.22 Å². The number of thiazole rings is 1. The van der Waals surface area contributed by atoms with Gasteiger partial charge in [0.25, 0.3) is 10.0 Å². The largest absolute Gasteiger partial charge is 0.490 e. The number of benzene rings is 1. The van der Waals surface area contributed by atoms with Gasteiger partial charge in [0.15, 0.2) is 0 Å². The number of carboxylic acids is 1. The van der Waals surface area contributed by atoms with Crippen molar-refractivity contribution in [1.82, 2.24) is 14.9 Å². The van der Waals surface area contributed by atoms with Crippen LogP contribution in [0.4, 0.5) is 18.9 Å². The molecule has 1 aromatic carbocycles. The minimum absolute atomic E-state index is 0.176. The Hall–Kier alpha value is -2.98. The molecular weight excluding hydrogens is 589 g/mol. The molecule has 0 spiro atoms. The summed E-state index contributed by atoms with van der Waals surface area (Å²) in [6.07, 6.45) is -1.71. The number of aromatic nitrogens is 2. The molecule has 1 aliphatic heterocycles. The highest BCUT2D eigenvalue weighted by atomic mass is 32.2. The minimum Gasteiger partial charge on any atom is -0.475 e. The highest BCUT2D eigenvalue weighted by Gasteiger charge is 2.38. The van der Waals surface area contributed by atoms with Crippen LogP contribution in [0.3, 0.4) is 0 Å². The van der Waals surface area contributed by atoms with Crippen LogP contribution < -0.4 is 4.31 Å². The number of alkyl halides is 3. The Morgan fingerprint density at radius 2 is 1.93 bits per heavy atom. The summed E-state index contributed by atoms with van der Waals surface area (Å²) in [6, 6.07) is 11.1. The van der Waals surface area contributed by atoms with E-state index in [2.05, 4.69) is 14.9 Å². The maximum atomic E-state index is 13.3. The number of carboxylic acid groups (broad SMARTS) is 1. The van der Waals surface area contributed by atoms with Crippen molar-refractivity contribution in [3.63, 3.8) is 0 Å². The number of sulfonamides is 1. The SMILES string of the molecule is CCN(c1cccc2cc(-c3ncc(CN4CCC(O)CC4)s3)[nH]c12)S(=O)(=O)c1cccs1.O=C(O)C(F)(F)F. The predicted molar refractivity (Wildman–Crippen MR) is 148 cm³/mol. The number of thiophene rings is 1. The number of aliphatic hydroxyl groups is 1. The summed E-state index contributed by atoms with van der Waals surface area (Å²) in [5.41, 5.74) is 2.31. The number of likely N-dealkylation sites (tertiary alicyclic amines) is 1. The van der Waals surface area contributed by atoms with Crippen molar-refractivity contribution >= 4 is 55.3 Å². The van der Waals surface area contributed by atoms with E-state index in [1.54, 1.807) is 28.8 Å². The first kappa shape index (κ1) is 30.0. The number of aliphatic hydroxyl groups excluding tert-OH is 1. The molecule has 4 heterocycles. The van der Waals surface area contributed by atoms with Crippen LogP contribution in [0, 0.1) is 0 Å². The first-order valence-electron chi connectivity index (χ1n) is 12.2. The first-order valence-corrected chi connectivity index (χ1v) is 15.4. The third-order valence-corrected chi connectivity index (χ3v) is 10.5. The van der Waals surface area contributed by atoms with Gasteiger partial charge in [0.2, 0.25) is 0 Å². The van der Waals surface area contributed by atoms with Crippen molar-refractivity contribution in [3.05, 3.63) is 52.9 Å². The molecule has 0 atom stereocenters. The Kier molecular flexibility index (Phi) is 9.19. The van der Waals surface area contributed by atoms with Gasteiger partial charge in [-0.05, 0) is 43.3 Å². The molecule has 5 rings (SSSR count). The molecule has 0 saturated carbocycles. The maximum absolute atomic E-state index is 13.3. The Bertz CT molecular complexity index is 1540. The zero-order valence-electron chi connectivity index (χ0n) is 21.3. The molecule has 0 unspecified atom stereocenters. The fraction of sp³-hybridized carbons (Fsp3) is 0.360. The lowest BCUT2D eigenvalue weighted by Gasteiger charge is -2.28. The normalized spacial score (nSPS) is 15.1. The van der Waals surface area contributed by atoms with Crippen molar-refractivity contribution < 1.29 is 36.6 Å². The van der Waals surface area contributed by atoms with Gasteiger partial charge in [0, 0.05) is 42.6 Å². The van der Waals surface area contributed by atoms with E-state index in [4.69, 9.17) is 9.90 Å². The number of halogens is 3. The number of rotatable bonds is 7. The molecule has 0 radical (unpaired) electrons. The van der Waals surface area contributed by atoms with Crippen LogP contribution in [0.25, 0.3) is 21.6 Å². The lowest BCUT2D eigenvalue weighted by Crippen LogP contribution is -2.35. The number of para-hydroxylation sites is 1. The number of nitrogens with one attached hydrogen (secondary N) is 1. The number of H-pyrrole nitrogens is 1. The molecule has 1 aliphatic rings. The number of aliphatic carboxylic acids is 1. The maximum Gasteiger partial charge on any atom is 0.490 e. The van der Waals surface area contributed by atoms with Crippen molar-refractivity contribution in [1.29, 1.82) is 0 Å². The van der Waals surface area contributed by atoms with Crippen LogP contribution in [0.15, 0.2) is 52.2 Å². The number of hydrogen-bond acceptors (Lipinski definition) is 8. The van der Waals surface area contributed by atoms with Crippen LogP contribution in [-0.4, -0.2) is 71.4 Å². The summed E-state index contributed by atoms with van der Waals surface area (Å²) >= 11 is 2.87. The summed E-state index contributed by atoms with van der Waals surface area (Å²) in [7, 11) is -3.63. The molecular formula is C25H27F3N4O5S3. The third kappa shape index (κ3) is 6.83. The Morgan fingerprint density at radius 3 is 2.52 bits per heavy atom. The van der Waals surface area contributed by atoms with Crippen molar-refractivity contribution in [2.75, 3.05) is 23.9 Å². The zero-order valence-corrected chi connectivity index (χ0v) is 23.7.